The number of para-hydroxylation sites is 2. The third-order valence-electron chi connectivity index (χ3n) is 10.5. The maximum Gasteiger partial charge on any atom is 0.180 e. The highest BCUT2D eigenvalue weighted by atomic mass is 16.3. The third kappa shape index (κ3) is 5.09. The van der Waals surface area contributed by atoms with Crippen LogP contribution in [-0.4, -0.2) is 9.97 Å². The molecular formula is C50H31N3O2. The van der Waals surface area contributed by atoms with Crippen LogP contribution in [0.25, 0.3) is 88.6 Å². The van der Waals surface area contributed by atoms with Crippen molar-refractivity contribution in [2.75, 3.05) is 4.90 Å². The zero-order valence-electron chi connectivity index (χ0n) is 29.6. The predicted molar refractivity (Wildman–Crippen MR) is 225 cm³/mol. The summed E-state index contributed by atoms with van der Waals surface area (Å²) in [4.78, 5) is 12.9. The molecule has 8 aromatic carbocycles. The standard InChI is InChI=1S/C50H31N3O2/c1-4-16-32(17-5-1)34-20-14-23-36(30-34)53(35-21-8-3-9-22-35)42-31-41-45-40(27-15-29-44(45)55-48(41)38-25-11-10-24-37(38)42)50-51-46(33-18-6-2-7-19-33)49-47(52-50)39-26-12-13-28-43(39)54-49/h1-31H. The molecule has 0 fully saturated rings. The van der Waals surface area contributed by atoms with Crippen LogP contribution in [0.2, 0.25) is 0 Å². The van der Waals surface area contributed by atoms with Crippen LogP contribution in [-0.2, 0) is 0 Å². The van der Waals surface area contributed by atoms with Crippen molar-refractivity contribution in [3.8, 4) is 33.8 Å². The summed E-state index contributed by atoms with van der Waals surface area (Å²) in [5.74, 6) is 0.608. The van der Waals surface area contributed by atoms with Crippen LogP contribution in [0, 0.1) is 0 Å². The van der Waals surface area contributed by atoms with E-state index in [0.29, 0.717) is 11.4 Å². The van der Waals surface area contributed by atoms with Gasteiger partial charge in [0, 0.05) is 49.4 Å². The number of anilines is 3. The highest BCUT2D eigenvalue weighted by Crippen LogP contribution is 2.47. The van der Waals surface area contributed by atoms with Crippen molar-refractivity contribution in [2.45, 2.75) is 0 Å². The number of fused-ring (bicyclic) bond motifs is 8. The number of hydrogen-bond acceptors (Lipinski definition) is 5. The van der Waals surface area contributed by atoms with Gasteiger partial charge in [0.1, 0.15) is 28.0 Å². The van der Waals surface area contributed by atoms with Gasteiger partial charge in [-0.25, -0.2) is 9.97 Å². The number of benzene rings is 8. The number of furan rings is 2. The number of hydrogen-bond donors (Lipinski definition) is 0. The predicted octanol–water partition coefficient (Wildman–Crippen LogP) is 13.9. The van der Waals surface area contributed by atoms with Crippen LogP contribution in [0.3, 0.4) is 0 Å². The fraction of sp³-hybridized carbons (Fsp3) is 0. The lowest BCUT2D eigenvalue weighted by atomic mass is 9.99. The van der Waals surface area contributed by atoms with Crippen LogP contribution in [0.5, 0.6) is 0 Å². The first kappa shape index (κ1) is 31.1. The van der Waals surface area contributed by atoms with Crippen molar-refractivity contribution < 1.29 is 8.83 Å². The Morgan fingerprint density at radius 1 is 0.400 bits per heavy atom. The highest BCUT2D eigenvalue weighted by Gasteiger charge is 2.24. The van der Waals surface area contributed by atoms with E-state index < -0.39 is 0 Å². The first-order valence-corrected chi connectivity index (χ1v) is 18.4. The summed E-state index contributed by atoms with van der Waals surface area (Å²) in [7, 11) is 0. The van der Waals surface area contributed by atoms with Gasteiger partial charge in [-0.2, -0.15) is 0 Å². The number of rotatable bonds is 6. The summed E-state index contributed by atoms with van der Waals surface area (Å²) >= 11 is 0. The van der Waals surface area contributed by atoms with Gasteiger partial charge in [0.25, 0.3) is 0 Å². The highest BCUT2D eigenvalue weighted by molar-refractivity contribution is 6.22. The second-order valence-corrected chi connectivity index (χ2v) is 13.7. The average Bonchev–Trinajstić information content (AvgIpc) is 3.83. The van der Waals surface area contributed by atoms with Gasteiger partial charge in [0.2, 0.25) is 0 Å². The summed E-state index contributed by atoms with van der Waals surface area (Å²) in [5, 5.41) is 5.01. The summed E-state index contributed by atoms with van der Waals surface area (Å²) < 4.78 is 13.2. The van der Waals surface area contributed by atoms with Crippen molar-refractivity contribution >= 4 is 71.8 Å². The molecule has 0 aliphatic carbocycles. The topological polar surface area (TPSA) is 55.3 Å². The zero-order chi connectivity index (χ0) is 36.3. The molecule has 55 heavy (non-hydrogen) atoms. The molecule has 0 radical (unpaired) electrons. The third-order valence-corrected chi connectivity index (χ3v) is 10.5. The van der Waals surface area contributed by atoms with E-state index in [4.69, 9.17) is 18.8 Å². The molecule has 3 aromatic heterocycles. The number of aromatic nitrogens is 2. The molecule has 0 saturated heterocycles. The molecule has 0 unspecified atom stereocenters. The molecule has 0 aliphatic rings. The molecule has 0 atom stereocenters. The summed E-state index contributed by atoms with van der Waals surface area (Å²) in [6, 6.07) is 65.0. The number of nitrogens with zero attached hydrogens (tertiary/aromatic N) is 3. The van der Waals surface area contributed by atoms with E-state index in [9.17, 15) is 0 Å². The summed E-state index contributed by atoms with van der Waals surface area (Å²) in [5.41, 5.74) is 11.9. The second-order valence-electron chi connectivity index (χ2n) is 13.7. The molecule has 258 valence electrons. The Labute approximate surface area is 316 Å². The molecular weight excluding hydrogens is 675 g/mol. The Morgan fingerprint density at radius 2 is 1.00 bits per heavy atom. The van der Waals surface area contributed by atoms with E-state index in [1.54, 1.807) is 0 Å². The minimum absolute atomic E-state index is 0.608. The van der Waals surface area contributed by atoms with Crippen molar-refractivity contribution in [3.63, 3.8) is 0 Å². The Morgan fingerprint density at radius 3 is 1.80 bits per heavy atom. The maximum atomic E-state index is 6.82. The smallest absolute Gasteiger partial charge is 0.180 e. The van der Waals surface area contributed by atoms with Gasteiger partial charge in [-0.3, -0.25) is 0 Å². The summed E-state index contributed by atoms with van der Waals surface area (Å²) in [6.45, 7) is 0. The lowest BCUT2D eigenvalue weighted by Gasteiger charge is -2.27. The van der Waals surface area contributed by atoms with E-state index >= 15 is 0 Å². The van der Waals surface area contributed by atoms with Crippen molar-refractivity contribution in [1.82, 2.24) is 9.97 Å². The maximum absolute atomic E-state index is 6.82. The zero-order valence-corrected chi connectivity index (χ0v) is 29.6. The first-order chi connectivity index (χ1) is 27.3. The van der Waals surface area contributed by atoms with Crippen LogP contribution in [0.1, 0.15) is 0 Å². The van der Waals surface area contributed by atoms with Gasteiger partial charge < -0.3 is 13.7 Å². The molecule has 0 saturated carbocycles. The van der Waals surface area contributed by atoms with Gasteiger partial charge in [0.15, 0.2) is 11.4 Å². The van der Waals surface area contributed by atoms with E-state index in [2.05, 4.69) is 144 Å². The SMILES string of the molecule is c1ccc(-c2cccc(N(c3ccccc3)c3cc4c(oc5cccc(-c6nc(-c7ccccc7)c7oc8ccccc8c7n6)c54)c4ccccc34)c2)cc1. The second kappa shape index (κ2) is 12.6. The molecule has 5 nitrogen and oxygen atoms in total. The van der Waals surface area contributed by atoms with E-state index in [1.165, 1.54) is 5.56 Å². The summed E-state index contributed by atoms with van der Waals surface area (Å²) in [6.07, 6.45) is 0. The molecule has 11 rings (SSSR count). The van der Waals surface area contributed by atoms with Crippen LogP contribution in [0.15, 0.2) is 197 Å². The van der Waals surface area contributed by atoms with Gasteiger partial charge >= 0.3 is 0 Å². The van der Waals surface area contributed by atoms with E-state index in [-0.39, 0.29) is 0 Å². The Hall–Kier alpha value is -7.50. The van der Waals surface area contributed by atoms with E-state index in [1.807, 2.05) is 48.5 Å². The van der Waals surface area contributed by atoms with Crippen molar-refractivity contribution in [2.24, 2.45) is 0 Å². The molecule has 0 amide bonds. The Bertz CT molecular complexity index is 3210. The van der Waals surface area contributed by atoms with Gasteiger partial charge in [-0.05, 0) is 59.7 Å². The molecule has 5 heteroatoms. The van der Waals surface area contributed by atoms with Crippen molar-refractivity contribution in [3.05, 3.63) is 188 Å². The molecule has 0 N–H and O–H groups in total. The average molecular weight is 706 g/mol. The Kier molecular flexibility index (Phi) is 7.10. The fourth-order valence-electron chi connectivity index (χ4n) is 7.96. The quantitative estimate of drug-likeness (QED) is 0.172. The minimum Gasteiger partial charge on any atom is -0.455 e. The first-order valence-electron chi connectivity index (χ1n) is 18.4. The molecule has 0 aliphatic heterocycles. The van der Waals surface area contributed by atoms with E-state index in [0.717, 1.165) is 88.6 Å². The van der Waals surface area contributed by atoms with Crippen LogP contribution >= 0.6 is 0 Å². The van der Waals surface area contributed by atoms with Crippen LogP contribution in [0.4, 0.5) is 17.1 Å². The van der Waals surface area contributed by atoms with Crippen molar-refractivity contribution in [1.29, 1.82) is 0 Å². The van der Waals surface area contributed by atoms with Crippen LogP contribution < -0.4 is 4.90 Å². The minimum atomic E-state index is 0.608. The van der Waals surface area contributed by atoms with Gasteiger partial charge in [-0.1, -0.05) is 140 Å². The molecule has 3 heterocycles. The Balaban J connectivity index is 1.20. The molecule has 0 spiro atoms. The monoisotopic (exact) mass is 705 g/mol. The lowest BCUT2D eigenvalue weighted by Crippen LogP contribution is -2.10. The van der Waals surface area contributed by atoms with Gasteiger partial charge in [0.05, 0.1) is 5.69 Å². The lowest BCUT2D eigenvalue weighted by molar-refractivity contribution is 0.667. The normalized spacial score (nSPS) is 11.6. The fourth-order valence-corrected chi connectivity index (χ4v) is 7.96. The molecule has 11 aromatic rings. The largest absolute Gasteiger partial charge is 0.455 e. The molecule has 0 bridgehead atoms. The van der Waals surface area contributed by atoms with Gasteiger partial charge in [-0.15, -0.1) is 0 Å².